The maximum atomic E-state index is 12.7. The first-order valence-corrected chi connectivity index (χ1v) is 12.7. The number of carbonyl (C=O) groups is 1. The third-order valence-electron chi connectivity index (χ3n) is 6.78. The molecule has 3 aliphatic rings. The van der Waals surface area contributed by atoms with Gasteiger partial charge >= 0.3 is 0 Å². The number of hydrogen-bond donors (Lipinski definition) is 3. The average molecular weight is 488 g/mol. The van der Waals surface area contributed by atoms with Crippen LogP contribution in [0.5, 0.6) is 5.75 Å². The van der Waals surface area contributed by atoms with Crippen molar-refractivity contribution in [3.63, 3.8) is 0 Å². The third kappa shape index (κ3) is 5.76. The molecule has 36 heavy (non-hydrogen) atoms. The van der Waals surface area contributed by atoms with Gasteiger partial charge in [-0.2, -0.15) is 0 Å². The zero-order chi connectivity index (χ0) is 24.9. The summed E-state index contributed by atoms with van der Waals surface area (Å²) in [5, 5.41) is 6.31. The summed E-state index contributed by atoms with van der Waals surface area (Å²) in [6.07, 6.45) is 7.39. The number of ether oxygens (including phenoxy) is 2. The fourth-order valence-electron chi connectivity index (χ4n) is 4.64. The Hall–Kier alpha value is -3.65. The fourth-order valence-corrected chi connectivity index (χ4v) is 4.64. The molecule has 0 spiro atoms. The molecule has 4 N–H and O–H groups in total. The molecule has 3 heterocycles. The van der Waals surface area contributed by atoms with Crippen LogP contribution in [0.1, 0.15) is 54.9 Å². The van der Waals surface area contributed by atoms with Gasteiger partial charge in [0.2, 0.25) is 5.95 Å². The second-order valence-corrected chi connectivity index (χ2v) is 9.70. The van der Waals surface area contributed by atoms with E-state index >= 15 is 0 Å². The molecule has 1 saturated carbocycles. The lowest BCUT2D eigenvalue weighted by Gasteiger charge is -2.18. The van der Waals surface area contributed by atoms with Crippen molar-refractivity contribution in [3.8, 4) is 17.0 Å². The molecule has 1 atom stereocenters. The Morgan fingerprint density at radius 1 is 1.08 bits per heavy atom. The number of anilines is 3. The van der Waals surface area contributed by atoms with Crippen molar-refractivity contribution in [1.82, 2.24) is 15.3 Å². The lowest BCUT2D eigenvalue weighted by molar-refractivity contribution is 0.0921. The van der Waals surface area contributed by atoms with Crippen LogP contribution in [-0.2, 0) is 11.3 Å². The van der Waals surface area contributed by atoms with E-state index in [1.165, 1.54) is 12.8 Å². The van der Waals surface area contributed by atoms with E-state index in [0.29, 0.717) is 42.7 Å². The van der Waals surface area contributed by atoms with E-state index in [0.717, 1.165) is 41.8 Å². The molecular weight excluding hydrogens is 454 g/mol. The molecule has 1 amide bonds. The summed E-state index contributed by atoms with van der Waals surface area (Å²) in [6.45, 7) is 3.70. The maximum absolute atomic E-state index is 12.7. The Morgan fingerprint density at radius 3 is 2.78 bits per heavy atom. The van der Waals surface area contributed by atoms with Crippen molar-refractivity contribution in [1.29, 1.82) is 0 Å². The Labute approximate surface area is 211 Å². The SMILES string of the molecule is C[C@@H]1CCOCc2cc(ccc2OC2CCCC2)Nc2nccc(n2)-c2ccc(cc2N)C(=O)NC1. The number of hydrogen-bond acceptors (Lipinski definition) is 7. The number of benzene rings is 2. The summed E-state index contributed by atoms with van der Waals surface area (Å²) in [7, 11) is 0. The number of nitrogen functional groups attached to an aromatic ring is 1. The molecule has 6 rings (SSSR count). The van der Waals surface area contributed by atoms with E-state index in [4.69, 9.17) is 15.2 Å². The van der Waals surface area contributed by atoms with Gasteiger partial charge in [0.15, 0.2) is 0 Å². The van der Waals surface area contributed by atoms with Crippen LogP contribution in [0.4, 0.5) is 17.3 Å². The Bertz CT molecular complexity index is 1230. The molecule has 0 radical (unpaired) electrons. The number of rotatable bonds is 2. The number of aromatic nitrogens is 2. The number of nitrogens with one attached hydrogen (secondary N) is 2. The molecule has 6 bridgehead atoms. The number of nitrogens with two attached hydrogens (primary N) is 1. The number of fused-ring (bicyclic) bond motifs is 9. The van der Waals surface area contributed by atoms with Gasteiger partial charge in [-0.05, 0) is 80.5 Å². The summed E-state index contributed by atoms with van der Waals surface area (Å²) in [6, 6.07) is 13.1. The second kappa shape index (κ2) is 11.0. The molecule has 2 aromatic carbocycles. The Balaban J connectivity index is 1.46. The number of carbonyl (C=O) groups excluding carboxylic acids is 1. The molecule has 1 aromatic heterocycles. The van der Waals surface area contributed by atoms with Gasteiger partial charge in [0.05, 0.1) is 18.4 Å². The molecule has 2 aliphatic heterocycles. The Morgan fingerprint density at radius 2 is 1.94 bits per heavy atom. The quantitative estimate of drug-likeness (QED) is 0.432. The van der Waals surface area contributed by atoms with Crippen molar-refractivity contribution in [2.75, 3.05) is 24.2 Å². The van der Waals surface area contributed by atoms with Crippen LogP contribution in [0.3, 0.4) is 0 Å². The minimum absolute atomic E-state index is 0.145. The fraction of sp³-hybridized carbons (Fsp3) is 0.393. The first-order valence-electron chi connectivity index (χ1n) is 12.7. The molecule has 1 fully saturated rings. The molecule has 3 aromatic rings. The van der Waals surface area contributed by atoms with Gasteiger partial charge in [0.1, 0.15) is 5.75 Å². The largest absolute Gasteiger partial charge is 0.490 e. The number of amides is 1. The highest BCUT2D eigenvalue weighted by Gasteiger charge is 2.19. The van der Waals surface area contributed by atoms with Crippen molar-refractivity contribution in [3.05, 3.63) is 59.8 Å². The molecule has 0 saturated heterocycles. The highest BCUT2D eigenvalue weighted by atomic mass is 16.5. The first kappa shape index (κ1) is 24.1. The highest BCUT2D eigenvalue weighted by molar-refractivity contribution is 5.96. The highest BCUT2D eigenvalue weighted by Crippen LogP contribution is 2.31. The molecule has 188 valence electrons. The minimum Gasteiger partial charge on any atom is -0.490 e. The van der Waals surface area contributed by atoms with Crippen molar-refractivity contribution in [2.24, 2.45) is 5.92 Å². The van der Waals surface area contributed by atoms with Crippen molar-refractivity contribution < 1.29 is 14.3 Å². The molecule has 8 nitrogen and oxygen atoms in total. The van der Waals surface area contributed by atoms with Gasteiger partial charge in [-0.1, -0.05) is 6.92 Å². The maximum Gasteiger partial charge on any atom is 0.251 e. The standard InChI is InChI=1S/C28H33N5O3/c1-18-11-13-35-17-20-14-21(7-9-26(20)36-22-4-2-3-5-22)32-28-30-12-10-25(33-28)23-8-6-19(15-24(23)29)27(34)31-16-18/h6-10,12,14-15,18,22H,2-5,11,13,16-17,29H2,1H3,(H,31,34)(H,30,32,33)/t18-/m1/s1. The monoisotopic (exact) mass is 487 g/mol. The summed E-state index contributed by atoms with van der Waals surface area (Å²) in [4.78, 5) is 21.7. The predicted molar refractivity (Wildman–Crippen MR) is 140 cm³/mol. The topological polar surface area (TPSA) is 111 Å². The second-order valence-electron chi connectivity index (χ2n) is 9.70. The summed E-state index contributed by atoms with van der Waals surface area (Å²) in [5.74, 6) is 1.44. The molecular formula is C28H33N5O3. The van der Waals surface area contributed by atoms with Crippen LogP contribution in [0, 0.1) is 5.92 Å². The van der Waals surface area contributed by atoms with Crippen molar-refractivity contribution in [2.45, 2.75) is 51.7 Å². The van der Waals surface area contributed by atoms with Crippen LogP contribution >= 0.6 is 0 Å². The molecule has 1 aliphatic carbocycles. The molecule has 8 heteroatoms. The average Bonchev–Trinajstić information content (AvgIpc) is 3.39. The zero-order valence-electron chi connectivity index (χ0n) is 20.6. The number of nitrogens with zero attached hydrogens (tertiary/aromatic N) is 2. The van der Waals surface area contributed by atoms with Gasteiger partial charge in [-0.3, -0.25) is 4.79 Å². The van der Waals surface area contributed by atoms with Gasteiger partial charge in [-0.15, -0.1) is 0 Å². The lowest BCUT2D eigenvalue weighted by Crippen LogP contribution is -2.28. The van der Waals surface area contributed by atoms with Crippen LogP contribution in [0.25, 0.3) is 11.3 Å². The van der Waals surface area contributed by atoms with Crippen LogP contribution in [0.2, 0.25) is 0 Å². The predicted octanol–water partition coefficient (Wildman–Crippen LogP) is 5.08. The van der Waals surface area contributed by atoms with E-state index in [1.54, 1.807) is 24.4 Å². The first-order chi connectivity index (χ1) is 17.5. The van der Waals surface area contributed by atoms with E-state index < -0.39 is 0 Å². The van der Waals surface area contributed by atoms with E-state index in [-0.39, 0.29) is 17.9 Å². The summed E-state index contributed by atoms with van der Waals surface area (Å²) >= 11 is 0. The smallest absolute Gasteiger partial charge is 0.251 e. The van der Waals surface area contributed by atoms with Gasteiger partial charge in [0.25, 0.3) is 5.91 Å². The van der Waals surface area contributed by atoms with Gasteiger partial charge < -0.3 is 25.8 Å². The van der Waals surface area contributed by atoms with E-state index in [1.807, 2.05) is 24.3 Å². The van der Waals surface area contributed by atoms with Crippen molar-refractivity contribution >= 4 is 23.2 Å². The third-order valence-corrected chi connectivity index (χ3v) is 6.78. The van der Waals surface area contributed by atoms with E-state index in [2.05, 4.69) is 27.5 Å². The molecule has 0 unspecified atom stereocenters. The summed E-state index contributed by atoms with van der Waals surface area (Å²) in [5.41, 5.74) is 10.6. The zero-order valence-corrected chi connectivity index (χ0v) is 20.6. The minimum atomic E-state index is -0.145. The Kier molecular flexibility index (Phi) is 7.32. The lowest BCUT2D eigenvalue weighted by atomic mass is 10.0. The summed E-state index contributed by atoms with van der Waals surface area (Å²) < 4.78 is 12.4. The van der Waals surface area contributed by atoms with Crippen LogP contribution in [0.15, 0.2) is 48.7 Å². The van der Waals surface area contributed by atoms with Gasteiger partial charge in [-0.25, -0.2) is 9.97 Å². The van der Waals surface area contributed by atoms with E-state index in [9.17, 15) is 4.79 Å². The van der Waals surface area contributed by atoms with Crippen LogP contribution in [-0.4, -0.2) is 35.1 Å². The van der Waals surface area contributed by atoms with Crippen LogP contribution < -0.4 is 21.1 Å². The normalized spacial score (nSPS) is 19.0. The van der Waals surface area contributed by atoms with Gasteiger partial charge in [0, 0.05) is 47.4 Å².